The van der Waals surface area contributed by atoms with Gasteiger partial charge in [0.2, 0.25) is 0 Å². The third-order valence-corrected chi connectivity index (χ3v) is 7.74. The van der Waals surface area contributed by atoms with Gasteiger partial charge in [-0.05, 0) is 93.3 Å². The molecule has 5 aromatic rings. The van der Waals surface area contributed by atoms with Crippen molar-refractivity contribution in [1.82, 2.24) is 14.2 Å². The molecule has 0 aliphatic carbocycles. The quantitative estimate of drug-likeness (QED) is 0.180. The first-order chi connectivity index (χ1) is 19.6. The van der Waals surface area contributed by atoms with Gasteiger partial charge in [0.25, 0.3) is 5.56 Å². The zero-order chi connectivity index (χ0) is 29.4. The number of hydrogen-bond acceptors (Lipinski definition) is 4. The minimum atomic E-state index is -0.240. The Labute approximate surface area is 249 Å². The zero-order valence-corrected chi connectivity index (χ0v) is 25.5. The number of hydrogen-bond donors (Lipinski definition) is 0. The van der Waals surface area contributed by atoms with E-state index in [0.29, 0.717) is 33.4 Å². The lowest BCUT2D eigenvalue weighted by Crippen LogP contribution is -2.21. The Morgan fingerprint density at radius 2 is 1.78 bits per heavy atom. The van der Waals surface area contributed by atoms with E-state index in [0.717, 1.165) is 45.1 Å². The summed E-state index contributed by atoms with van der Waals surface area (Å²) >= 11 is 12.7. The summed E-state index contributed by atoms with van der Waals surface area (Å²) in [6.45, 7) is 12.8. The molecular weight excluding hydrogens is 555 g/mol. The number of benzene rings is 3. The summed E-state index contributed by atoms with van der Waals surface area (Å²) in [6, 6.07) is 18.9. The number of aromatic nitrogens is 3. The Balaban J connectivity index is 1.70. The van der Waals surface area contributed by atoms with Gasteiger partial charge in [0.05, 0.1) is 34.4 Å². The molecule has 0 atom stereocenters. The predicted molar refractivity (Wildman–Crippen MR) is 170 cm³/mol. The van der Waals surface area contributed by atoms with Crippen molar-refractivity contribution < 1.29 is 4.74 Å². The Morgan fingerprint density at radius 3 is 2.49 bits per heavy atom. The van der Waals surface area contributed by atoms with Gasteiger partial charge in [-0.1, -0.05) is 49.2 Å². The smallest absolute Gasteiger partial charge is 0.282 e. The summed E-state index contributed by atoms with van der Waals surface area (Å²) in [4.78, 5) is 18.8. The molecule has 2 aromatic heterocycles. The van der Waals surface area contributed by atoms with E-state index in [-0.39, 0.29) is 11.5 Å². The van der Waals surface area contributed by atoms with E-state index in [1.807, 2.05) is 74.7 Å². The van der Waals surface area contributed by atoms with Gasteiger partial charge in [-0.15, -0.1) is 0 Å². The molecule has 6 nitrogen and oxygen atoms in total. The van der Waals surface area contributed by atoms with Gasteiger partial charge >= 0.3 is 0 Å². The molecule has 0 N–H and O–H groups in total. The van der Waals surface area contributed by atoms with Crippen LogP contribution >= 0.6 is 23.2 Å². The number of rotatable bonds is 7. The fraction of sp³-hybridized carbons (Fsp3) is 0.242. The van der Waals surface area contributed by atoms with Crippen molar-refractivity contribution >= 4 is 40.3 Å². The molecule has 0 saturated heterocycles. The van der Waals surface area contributed by atoms with E-state index in [1.54, 1.807) is 18.3 Å². The maximum absolute atomic E-state index is 13.8. The highest BCUT2D eigenvalue weighted by molar-refractivity contribution is 6.35. The average Bonchev–Trinajstić information content (AvgIpc) is 3.21. The zero-order valence-electron chi connectivity index (χ0n) is 24.0. The van der Waals surface area contributed by atoms with Crippen LogP contribution in [0.25, 0.3) is 28.0 Å². The molecule has 0 aliphatic heterocycles. The highest BCUT2D eigenvalue weighted by Crippen LogP contribution is 2.34. The standard InChI is InChI=1S/C33H32Cl2N4O2/c1-7-41-31-14-20(4)27(17-26(31)19(2)3)32-37-29-11-9-8-10-25(29)33(40)39(32)36-18-23-15-21(5)38(22(23)6)30-13-12-24(34)16-28(30)35/h8-19H,7H2,1-6H3. The van der Waals surface area contributed by atoms with Crippen LogP contribution < -0.4 is 10.3 Å². The normalized spacial score (nSPS) is 11.7. The van der Waals surface area contributed by atoms with E-state index >= 15 is 0 Å². The Bertz CT molecular complexity index is 1870. The fourth-order valence-electron chi connectivity index (χ4n) is 5.15. The number of halogens is 2. The molecule has 0 amide bonds. The van der Waals surface area contributed by atoms with Gasteiger partial charge in [-0.2, -0.15) is 9.78 Å². The largest absolute Gasteiger partial charge is 0.494 e. The van der Waals surface area contributed by atoms with Gasteiger partial charge in [0, 0.05) is 27.5 Å². The lowest BCUT2D eigenvalue weighted by molar-refractivity contribution is 0.335. The molecule has 2 heterocycles. The summed E-state index contributed by atoms with van der Waals surface area (Å²) in [5.74, 6) is 1.53. The van der Waals surface area contributed by atoms with E-state index in [9.17, 15) is 4.79 Å². The van der Waals surface area contributed by atoms with Crippen molar-refractivity contribution in [3.05, 3.63) is 109 Å². The first-order valence-electron chi connectivity index (χ1n) is 13.6. The molecule has 0 bridgehead atoms. The molecule has 0 aliphatic rings. The van der Waals surface area contributed by atoms with Gasteiger partial charge in [-0.3, -0.25) is 4.79 Å². The first-order valence-corrected chi connectivity index (χ1v) is 14.3. The molecule has 0 spiro atoms. The molecule has 41 heavy (non-hydrogen) atoms. The molecule has 0 saturated carbocycles. The van der Waals surface area contributed by atoms with Crippen molar-refractivity contribution in [1.29, 1.82) is 0 Å². The van der Waals surface area contributed by atoms with E-state index in [2.05, 4.69) is 19.9 Å². The lowest BCUT2D eigenvalue weighted by atomic mass is 9.96. The number of nitrogens with zero attached hydrogens (tertiary/aromatic N) is 4. The first kappa shape index (κ1) is 28.7. The third kappa shape index (κ3) is 5.42. The third-order valence-electron chi connectivity index (χ3n) is 7.21. The van der Waals surface area contributed by atoms with Crippen LogP contribution in [-0.4, -0.2) is 27.0 Å². The monoisotopic (exact) mass is 586 g/mol. The van der Waals surface area contributed by atoms with Crippen LogP contribution in [0.5, 0.6) is 5.75 Å². The van der Waals surface area contributed by atoms with Crippen LogP contribution in [0.1, 0.15) is 54.8 Å². The summed E-state index contributed by atoms with van der Waals surface area (Å²) in [5, 5.41) is 6.36. The number of aryl methyl sites for hydroxylation is 2. The Hall–Kier alpha value is -3.87. The van der Waals surface area contributed by atoms with Crippen molar-refractivity contribution in [2.75, 3.05) is 6.61 Å². The van der Waals surface area contributed by atoms with Crippen molar-refractivity contribution in [2.45, 2.75) is 47.5 Å². The van der Waals surface area contributed by atoms with Crippen LogP contribution in [0.4, 0.5) is 0 Å². The Morgan fingerprint density at radius 1 is 1.02 bits per heavy atom. The van der Waals surface area contributed by atoms with Crippen molar-refractivity contribution in [2.24, 2.45) is 5.10 Å². The number of ether oxygens (including phenoxy) is 1. The Kier molecular flexibility index (Phi) is 8.07. The van der Waals surface area contributed by atoms with Crippen LogP contribution in [-0.2, 0) is 0 Å². The number of para-hydroxylation sites is 1. The van der Waals surface area contributed by atoms with Crippen LogP contribution in [0.15, 0.2) is 70.6 Å². The summed E-state index contributed by atoms with van der Waals surface area (Å²) in [7, 11) is 0. The fourth-order valence-corrected chi connectivity index (χ4v) is 5.64. The predicted octanol–water partition coefficient (Wildman–Crippen LogP) is 8.49. The van der Waals surface area contributed by atoms with Gasteiger partial charge in [-0.25, -0.2) is 4.98 Å². The molecule has 0 unspecified atom stereocenters. The summed E-state index contributed by atoms with van der Waals surface area (Å²) in [6.07, 6.45) is 1.71. The summed E-state index contributed by atoms with van der Waals surface area (Å²) < 4.78 is 9.39. The minimum Gasteiger partial charge on any atom is -0.494 e. The topological polar surface area (TPSA) is 61.4 Å². The lowest BCUT2D eigenvalue weighted by Gasteiger charge is -2.18. The highest BCUT2D eigenvalue weighted by atomic mass is 35.5. The highest BCUT2D eigenvalue weighted by Gasteiger charge is 2.19. The average molecular weight is 588 g/mol. The van der Waals surface area contributed by atoms with Crippen LogP contribution in [0.3, 0.4) is 0 Å². The minimum absolute atomic E-state index is 0.213. The molecule has 210 valence electrons. The molecule has 5 rings (SSSR count). The van der Waals surface area contributed by atoms with Crippen LogP contribution in [0, 0.1) is 20.8 Å². The van der Waals surface area contributed by atoms with E-state index in [4.69, 9.17) is 38.0 Å². The molecular formula is C33H32Cl2N4O2. The van der Waals surface area contributed by atoms with Gasteiger partial charge in [0.1, 0.15) is 5.75 Å². The molecule has 0 radical (unpaired) electrons. The van der Waals surface area contributed by atoms with Crippen LogP contribution in [0.2, 0.25) is 10.0 Å². The number of fused-ring (bicyclic) bond motifs is 1. The van der Waals surface area contributed by atoms with Gasteiger partial charge < -0.3 is 9.30 Å². The van der Waals surface area contributed by atoms with E-state index in [1.165, 1.54) is 4.68 Å². The second kappa shape index (κ2) is 11.6. The SMILES string of the molecule is CCOc1cc(C)c(-c2nc3ccccc3c(=O)n2N=Cc2cc(C)n(-c3ccc(Cl)cc3Cl)c2C)cc1C(C)C. The van der Waals surface area contributed by atoms with E-state index < -0.39 is 0 Å². The molecule has 3 aromatic carbocycles. The van der Waals surface area contributed by atoms with Gasteiger partial charge in [0.15, 0.2) is 5.82 Å². The molecule has 8 heteroatoms. The van der Waals surface area contributed by atoms with Crippen molar-refractivity contribution in [3.63, 3.8) is 0 Å². The maximum Gasteiger partial charge on any atom is 0.282 e. The molecule has 0 fully saturated rings. The maximum atomic E-state index is 13.8. The second-order valence-corrected chi connectivity index (χ2v) is 11.2. The second-order valence-electron chi connectivity index (χ2n) is 10.4. The van der Waals surface area contributed by atoms with Crippen molar-refractivity contribution in [3.8, 4) is 22.8 Å². The summed E-state index contributed by atoms with van der Waals surface area (Å²) in [5.41, 5.74) is 6.78.